The molecule has 1 amide bonds. The maximum atomic E-state index is 12.1. The second kappa shape index (κ2) is 8.41. The van der Waals surface area contributed by atoms with Crippen molar-refractivity contribution in [2.45, 2.75) is 11.5 Å². The van der Waals surface area contributed by atoms with Gasteiger partial charge in [-0.25, -0.2) is 8.42 Å². The fourth-order valence-corrected chi connectivity index (χ4v) is 2.93. The van der Waals surface area contributed by atoms with Crippen molar-refractivity contribution in [2.75, 3.05) is 13.6 Å². The van der Waals surface area contributed by atoms with E-state index in [9.17, 15) is 18.0 Å². The van der Waals surface area contributed by atoms with Gasteiger partial charge in [0.15, 0.2) is 0 Å². The van der Waals surface area contributed by atoms with E-state index in [1.807, 2.05) is 18.2 Å². The summed E-state index contributed by atoms with van der Waals surface area (Å²) in [6.07, 6.45) is 0. The first-order valence-electron chi connectivity index (χ1n) is 7.44. The Morgan fingerprint density at radius 3 is 2.24 bits per heavy atom. The molecule has 0 heterocycles. The number of sulfonamides is 1. The lowest BCUT2D eigenvalue weighted by molar-refractivity contribution is -0.143. The predicted octanol–water partition coefficient (Wildman–Crippen LogP) is 1.07. The molecule has 0 atom stereocenters. The molecule has 25 heavy (non-hydrogen) atoms. The second-order valence-corrected chi connectivity index (χ2v) is 6.84. The molecule has 2 aromatic rings. The molecule has 0 aromatic heterocycles. The van der Waals surface area contributed by atoms with Gasteiger partial charge in [0.2, 0.25) is 10.0 Å². The Morgan fingerprint density at radius 2 is 1.64 bits per heavy atom. The van der Waals surface area contributed by atoms with Gasteiger partial charge in [-0.05, 0) is 29.8 Å². The van der Waals surface area contributed by atoms with E-state index in [1.165, 1.54) is 31.3 Å². The zero-order valence-corrected chi connectivity index (χ0v) is 14.4. The Labute approximate surface area is 146 Å². The van der Waals surface area contributed by atoms with Gasteiger partial charge >= 0.3 is 5.97 Å². The van der Waals surface area contributed by atoms with Gasteiger partial charge in [-0.2, -0.15) is 4.72 Å². The van der Waals surface area contributed by atoms with E-state index in [4.69, 9.17) is 4.74 Å². The summed E-state index contributed by atoms with van der Waals surface area (Å²) in [5, 5.41) is 2.44. The van der Waals surface area contributed by atoms with Gasteiger partial charge in [-0.3, -0.25) is 9.59 Å². The minimum absolute atomic E-state index is 0.0454. The van der Waals surface area contributed by atoms with Crippen molar-refractivity contribution >= 4 is 21.9 Å². The standard InChI is InChI=1S/C17H18N2O5S/c1-18-17(21)14-7-9-15(10-8-14)25(22,23)19-11-16(20)24-12-13-5-3-2-4-6-13/h2-10,19H,11-12H2,1H3,(H,18,21). The van der Waals surface area contributed by atoms with Crippen molar-refractivity contribution in [1.82, 2.24) is 10.0 Å². The maximum Gasteiger partial charge on any atom is 0.321 e. The number of esters is 1. The van der Waals surface area contributed by atoms with Gasteiger partial charge in [0.05, 0.1) is 4.90 Å². The number of hydrogen-bond acceptors (Lipinski definition) is 5. The van der Waals surface area contributed by atoms with E-state index in [0.717, 1.165) is 5.56 Å². The third kappa shape index (κ3) is 5.40. The fourth-order valence-electron chi connectivity index (χ4n) is 1.96. The molecular formula is C17H18N2O5S. The Balaban J connectivity index is 1.90. The summed E-state index contributed by atoms with van der Waals surface area (Å²) >= 11 is 0. The molecule has 0 aliphatic heterocycles. The first kappa shape index (κ1) is 18.6. The van der Waals surface area contributed by atoms with Crippen LogP contribution in [0.1, 0.15) is 15.9 Å². The van der Waals surface area contributed by atoms with Crippen molar-refractivity contribution in [3.8, 4) is 0 Å². The highest BCUT2D eigenvalue weighted by atomic mass is 32.2. The van der Waals surface area contributed by atoms with Crippen molar-refractivity contribution in [3.05, 3.63) is 65.7 Å². The molecule has 0 saturated carbocycles. The highest BCUT2D eigenvalue weighted by Crippen LogP contribution is 2.10. The Kier molecular flexibility index (Phi) is 6.26. The fraction of sp³-hybridized carbons (Fsp3) is 0.176. The number of rotatable bonds is 7. The van der Waals surface area contributed by atoms with E-state index in [0.29, 0.717) is 5.56 Å². The molecule has 0 fully saturated rings. The van der Waals surface area contributed by atoms with Crippen LogP contribution in [-0.4, -0.2) is 33.9 Å². The van der Waals surface area contributed by atoms with Crippen LogP contribution in [0.3, 0.4) is 0 Å². The van der Waals surface area contributed by atoms with Crippen molar-refractivity contribution in [2.24, 2.45) is 0 Å². The molecule has 8 heteroatoms. The first-order chi connectivity index (χ1) is 11.9. The molecule has 0 aliphatic carbocycles. The van der Waals surface area contributed by atoms with E-state index >= 15 is 0 Å². The van der Waals surface area contributed by atoms with Gasteiger partial charge in [0.25, 0.3) is 5.91 Å². The minimum Gasteiger partial charge on any atom is -0.460 e. The summed E-state index contributed by atoms with van der Waals surface area (Å²) < 4.78 is 31.5. The average molecular weight is 362 g/mol. The normalized spacial score (nSPS) is 10.9. The largest absolute Gasteiger partial charge is 0.460 e. The highest BCUT2D eigenvalue weighted by Gasteiger charge is 2.16. The van der Waals surface area contributed by atoms with E-state index in [-0.39, 0.29) is 17.4 Å². The van der Waals surface area contributed by atoms with Gasteiger partial charge < -0.3 is 10.1 Å². The molecule has 2 rings (SSSR count). The average Bonchev–Trinajstić information content (AvgIpc) is 2.65. The van der Waals surface area contributed by atoms with Gasteiger partial charge in [0, 0.05) is 12.6 Å². The van der Waals surface area contributed by atoms with Crippen molar-refractivity contribution in [1.29, 1.82) is 0 Å². The number of hydrogen-bond donors (Lipinski definition) is 2. The summed E-state index contributed by atoms with van der Waals surface area (Å²) in [6.45, 7) is -0.408. The van der Waals surface area contributed by atoms with Crippen molar-refractivity contribution < 1.29 is 22.7 Å². The predicted molar refractivity (Wildman–Crippen MR) is 91.3 cm³/mol. The van der Waals surface area contributed by atoms with Crippen LogP contribution < -0.4 is 10.0 Å². The lowest BCUT2D eigenvalue weighted by Gasteiger charge is -2.08. The van der Waals surface area contributed by atoms with Crippen LogP contribution in [0.15, 0.2) is 59.5 Å². The number of nitrogens with one attached hydrogen (secondary N) is 2. The summed E-state index contributed by atoms with van der Waals surface area (Å²) in [4.78, 5) is 23.1. The van der Waals surface area contributed by atoms with E-state index in [1.54, 1.807) is 12.1 Å². The third-order valence-corrected chi connectivity index (χ3v) is 4.72. The molecule has 2 aromatic carbocycles. The SMILES string of the molecule is CNC(=O)c1ccc(S(=O)(=O)NCC(=O)OCc2ccccc2)cc1. The third-order valence-electron chi connectivity index (χ3n) is 3.30. The number of carbonyl (C=O) groups excluding carboxylic acids is 2. The number of benzene rings is 2. The van der Waals surface area contributed by atoms with Crippen LogP contribution >= 0.6 is 0 Å². The van der Waals surface area contributed by atoms with Crippen LogP contribution in [0.25, 0.3) is 0 Å². The minimum atomic E-state index is -3.87. The highest BCUT2D eigenvalue weighted by molar-refractivity contribution is 7.89. The molecule has 2 N–H and O–H groups in total. The van der Waals surface area contributed by atoms with Crippen LogP contribution in [0, 0.1) is 0 Å². The van der Waals surface area contributed by atoms with Gasteiger partial charge in [0.1, 0.15) is 13.2 Å². The molecule has 0 radical (unpaired) electrons. The van der Waals surface area contributed by atoms with Crippen LogP contribution in [0.2, 0.25) is 0 Å². The van der Waals surface area contributed by atoms with E-state index in [2.05, 4.69) is 10.0 Å². The summed E-state index contributed by atoms with van der Waals surface area (Å²) in [5.41, 5.74) is 1.15. The number of carbonyl (C=O) groups is 2. The van der Waals surface area contributed by atoms with Crippen LogP contribution in [0.4, 0.5) is 0 Å². The first-order valence-corrected chi connectivity index (χ1v) is 8.92. The molecule has 7 nitrogen and oxygen atoms in total. The van der Waals surface area contributed by atoms with Gasteiger partial charge in [-0.15, -0.1) is 0 Å². The Bertz CT molecular complexity index is 833. The zero-order valence-electron chi connectivity index (χ0n) is 13.6. The van der Waals surface area contributed by atoms with E-state index < -0.39 is 22.5 Å². The molecule has 0 unspecified atom stereocenters. The lowest BCUT2D eigenvalue weighted by atomic mass is 10.2. The maximum absolute atomic E-state index is 12.1. The van der Waals surface area contributed by atoms with Crippen LogP contribution in [0.5, 0.6) is 0 Å². The second-order valence-electron chi connectivity index (χ2n) is 5.07. The summed E-state index contributed by atoms with van der Waals surface area (Å²) in [5.74, 6) is -1.00. The smallest absolute Gasteiger partial charge is 0.321 e. The topological polar surface area (TPSA) is 102 Å². The molecule has 0 saturated heterocycles. The molecule has 0 aliphatic rings. The molecule has 132 valence electrons. The quantitative estimate of drug-likeness (QED) is 0.718. The summed E-state index contributed by atoms with van der Waals surface area (Å²) in [6, 6.07) is 14.4. The molecular weight excluding hydrogens is 344 g/mol. The lowest BCUT2D eigenvalue weighted by Crippen LogP contribution is -2.30. The van der Waals surface area contributed by atoms with Crippen LogP contribution in [-0.2, 0) is 26.2 Å². The molecule has 0 spiro atoms. The molecule has 0 bridgehead atoms. The monoisotopic (exact) mass is 362 g/mol. The summed E-state index contributed by atoms with van der Waals surface area (Å²) in [7, 11) is -2.39. The number of ether oxygens (including phenoxy) is 1. The Hall–Kier alpha value is -2.71. The van der Waals surface area contributed by atoms with Crippen molar-refractivity contribution in [3.63, 3.8) is 0 Å². The zero-order chi connectivity index (χ0) is 18.3. The van der Waals surface area contributed by atoms with Gasteiger partial charge in [-0.1, -0.05) is 30.3 Å². The number of amides is 1. The Morgan fingerprint density at radius 1 is 1.00 bits per heavy atom.